The molecule has 0 aliphatic heterocycles. The molecule has 0 aliphatic carbocycles. The fourth-order valence-electron chi connectivity index (χ4n) is 1.73. The van der Waals surface area contributed by atoms with Crippen molar-refractivity contribution in [3.63, 3.8) is 0 Å². The molecular weight excluding hydrogens is 278 g/mol. The van der Waals surface area contributed by atoms with Crippen molar-refractivity contribution in [3.8, 4) is 0 Å². The van der Waals surface area contributed by atoms with Crippen molar-refractivity contribution in [3.05, 3.63) is 47.4 Å². The predicted octanol–water partition coefficient (Wildman–Crippen LogP) is 2.66. The average Bonchev–Trinajstić information content (AvgIpc) is 2.78. The number of carbonyl (C=O) groups excluding carboxylic acids is 1. The summed E-state index contributed by atoms with van der Waals surface area (Å²) in [4.78, 5) is 10.2. The molecule has 1 N–H and O–H groups in total. The molecule has 1 aromatic carbocycles. The molecule has 2 aromatic rings. The standard InChI is InChI=1S/C12H9F4N3O/c13-10-3-1-2-9(12(14,15)16)8(10)6-19-5-4-11(18-19)17-7-20/h1-5,7H,6H2,(H,17,18,20). The van der Waals surface area contributed by atoms with Gasteiger partial charge in [0.05, 0.1) is 12.1 Å². The van der Waals surface area contributed by atoms with E-state index in [4.69, 9.17) is 0 Å². The molecule has 1 heterocycles. The van der Waals surface area contributed by atoms with E-state index in [-0.39, 0.29) is 12.4 Å². The van der Waals surface area contributed by atoms with Crippen molar-refractivity contribution in [2.45, 2.75) is 12.7 Å². The van der Waals surface area contributed by atoms with Crippen molar-refractivity contribution in [2.75, 3.05) is 5.32 Å². The first-order valence-corrected chi connectivity index (χ1v) is 5.50. The van der Waals surface area contributed by atoms with Gasteiger partial charge in [0.2, 0.25) is 6.41 Å². The number of rotatable bonds is 4. The van der Waals surface area contributed by atoms with E-state index in [1.807, 2.05) is 0 Å². The minimum atomic E-state index is -4.64. The zero-order chi connectivity index (χ0) is 14.8. The summed E-state index contributed by atoms with van der Waals surface area (Å²) in [5, 5.41) is 6.04. The van der Waals surface area contributed by atoms with Gasteiger partial charge in [-0.2, -0.15) is 18.3 Å². The largest absolute Gasteiger partial charge is 0.416 e. The van der Waals surface area contributed by atoms with E-state index >= 15 is 0 Å². The first kappa shape index (κ1) is 14.0. The van der Waals surface area contributed by atoms with Gasteiger partial charge in [-0.05, 0) is 12.1 Å². The second-order valence-corrected chi connectivity index (χ2v) is 3.92. The zero-order valence-corrected chi connectivity index (χ0v) is 9.99. The summed E-state index contributed by atoms with van der Waals surface area (Å²) in [7, 11) is 0. The molecule has 106 valence electrons. The van der Waals surface area contributed by atoms with E-state index in [2.05, 4.69) is 10.4 Å². The van der Waals surface area contributed by atoms with Crippen LogP contribution < -0.4 is 5.32 Å². The summed E-state index contributed by atoms with van der Waals surface area (Å²) >= 11 is 0. The second-order valence-electron chi connectivity index (χ2n) is 3.92. The maximum atomic E-state index is 13.6. The van der Waals surface area contributed by atoms with E-state index in [1.54, 1.807) is 0 Å². The highest BCUT2D eigenvalue weighted by Gasteiger charge is 2.34. The second kappa shape index (κ2) is 5.32. The highest BCUT2D eigenvalue weighted by atomic mass is 19.4. The Balaban J connectivity index is 2.34. The molecule has 4 nitrogen and oxygen atoms in total. The molecule has 1 aromatic heterocycles. The first-order chi connectivity index (χ1) is 9.41. The summed E-state index contributed by atoms with van der Waals surface area (Å²) in [5.41, 5.74) is -1.54. The Morgan fingerprint density at radius 1 is 1.30 bits per heavy atom. The maximum Gasteiger partial charge on any atom is 0.416 e. The molecule has 0 unspecified atom stereocenters. The Kier molecular flexibility index (Phi) is 3.73. The van der Waals surface area contributed by atoms with Gasteiger partial charge in [0.25, 0.3) is 0 Å². The molecule has 2 rings (SSSR count). The molecule has 8 heteroatoms. The number of halogens is 4. The summed E-state index contributed by atoms with van der Waals surface area (Å²) < 4.78 is 53.1. The lowest BCUT2D eigenvalue weighted by Gasteiger charge is -2.13. The Labute approximate surface area is 111 Å². The molecule has 0 aliphatic rings. The quantitative estimate of drug-likeness (QED) is 0.694. The van der Waals surface area contributed by atoms with E-state index in [1.165, 1.54) is 12.3 Å². The van der Waals surface area contributed by atoms with Gasteiger partial charge in [0.15, 0.2) is 5.82 Å². The number of nitrogens with one attached hydrogen (secondary N) is 1. The number of amides is 1. The maximum absolute atomic E-state index is 13.6. The molecule has 1 amide bonds. The molecular formula is C12H9F4N3O. The number of benzene rings is 1. The Hall–Kier alpha value is -2.38. The lowest BCUT2D eigenvalue weighted by molar-refractivity contribution is -0.138. The number of anilines is 1. The highest BCUT2D eigenvalue weighted by Crippen LogP contribution is 2.33. The van der Waals surface area contributed by atoms with Crippen LogP contribution in [0.2, 0.25) is 0 Å². The lowest BCUT2D eigenvalue weighted by Crippen LogP contribution is -2.14. The molecule has 0 fully saturated rings. The normalized spacial score (nSPS) is 11.4. The number of hydrogen-bond acceptors (Lipinski definition) is 2. The van der Waals surface area contributed by atoms with Gasteiger partial charge in [-0.15, -0.1) is 0 Å². The van der Waals surface area contributed by atoms with Gasteiger partial charge in [0, 0.05) is 17.8 Å². The van der Waals surface area contributed by atoms with Crippen LogP contribution in [0.25, 0.3) is 0 Å². The zero-order valence-electron chi connectivity index (χ0n) is 9.99. The minimum absolute atomic E-state index is 0.171. The van der Waals surface area contributed by atoms with Gasteiger partial charge in [-0.3, -0.25) is 9.48 Å². The van der Waals surface area contributed by atoms with Gasteiger partial charge < -0.3 is 5.32 Å². The van der Waals surface area contributed by atoms with E-state index < -0.39 is 23.1 Å². The number of nitrogens with zero attached hydrogens (tertiary/aromatic N) is 2. The van der Waals surface area contributed by atoms with Gasteiger partial charge in [0.1, 0.15) is 5.82 Å². The van der Waals surface area contributed by atoms with Crippen LogP contribution >= 0.6 is 0 Å². The fraction of sp³-hybridized carbons (Fsp3) is 0.167. The molecule has 20 heavy (non-hydrogen) atoms. The van der Waals surface area contributed by atoms with Crippen molar-refractivity contribution in [1.29, 1.82) is 0 Å². The number of hydrogen-bond donors (Lipinski definition) is 1. The monoisotopic (exact) mass is 287 g/mol. The summed E-state index contributed by atoms with van der Waals surface area (Å²) in [6, 6.07) is 4.16. The van der Waals surface area contributed by atoms with Crippen LogP contribution in [-0.2, 0) is 17.5 Å². The highest BCUT2D eigenvalue weighted by molar-refractivity contribution is 5.68. The van der Waals surface area contributed by atoms with Crippen molar-refractivity contribution in [1.82, 2.24) is 9.78 Å². The average molecular weight is 287 g/mol. The van der Waals surface area contributed by atoms with Crippen molar-refractivity contribution in [2.24, 2.45) is 0 Å². The number of alkyl halides is 3. The molecule has 0 radical (unpaired) electrons. The van der Waals surface area contributed by atoms with Gasteiger partial charge in [-0.1, -0.05) is 6.07 Å². The smallest absolute Gasteiger partial charge is 0.312 e. The van der Waals surface area contributed by atoms with Gasteiger partial charge in [-0.25, -0.2) is 4.39 Å². The van der Waals surface area contributed by atoms with E-state index in [0.717, 1.165) is 22.9 Å². The third kappa shape index (κ3) is 2.95. The van der Waals surface area contributed by atoms with Crippen LogP contribution in [0.1, 0.15) is 11.1 Å². The SMILES string of the molecule is O=CNc1ccn(Cc2c(F)cccc2C(F)(F)F)n1. The molecule has 0 spiro atoms. The lowest BCUT2D eigenvalue weighted by atomic mass is 10.1. The molecule has 0 atom stereocenters. The van der Waals surface area contributed by atoms with Crippen molar-refractivity contribution >= 4 is 12.2 Å². The first-order valence-electron chi connectivity index (χ1n) is 5.50. The third-order valence-electron chi connectivity index (χ3n) is 2.59. The van der Waals surface area contributed by atoms with Crippen LogP contribution in [-0.4, -0.2) is 16.2 Å². The Morgan fingerprint density at radius 3 is 2.70 bits per heavy atom. The summed E-state index contributed by atoms with van der Waals surface area (Å²) in [6.07, 6.45) is -2.91. The number of carbonyl (C=O) groups is 1. The van der Waals surface area contributed by atoms with Crippen LogP contribution in [0.3, 0.4) is 0 Å². The van der Waals surface area contributed by atoms with E-state index in [0.29, 0.717) is 6.41 Å². The Bertz CT molecular complexity index is 621. The summed E-state index contributed by atoms with van der Waals surface area (Å²) in [5.74, 6) is -0.787. The van der Waals surface area contributed by atoms with Crippen LogP contribution in [0.15, 0.2) is 30.5 Å². The Morgan fingerprint density at radius 2 is 2.05 bits per heavy atom. The molecule has 0 saturated heterocycles. The van der Waals surface area contributed by atoms with Crippen LogP contribution in [0.4, 0.5) is 23.4 Å². The van der Waals surface area contributed by atoms with E-state index in [9.17, 15) is 22.4 Å². The summed E-state index contributed by atoms with van der Waals surface area (Å²) in [6.45, 7) is -0.387. The van der Waals surface area contributed by atoms with Gasteiger partial charge >= 0.3 is 6.18 Å². The predicted molar refractivity (Wildman–Crippen MR) is 62.4 cm³/mol. The third-order valence-corrected chi connectivity index (χ3v) is 2.59. The molecule has 0 bridgehead atoms. The van der Waals surface area contributed by atoms with Crippen molar-refractivity contribution < 1.29 is 22.4 Å². The van der Waals surface area contributed by atoms with Crippen LogP contribution in [0, 0.1) is 5.82 Å². The fourth-order valence-corrected chi connectivity index (χ4v) is 1.73. The van der Waals surface area contributed by atoms with Crippen LogP contribution in [0.5, 0.6) is 0 Å². The number of aromatic nitrogens is 2. The molecule has 0 saturated carbocycles. The minimum Gasteiger partial charge on any atom is -0.312 e. The topological polar surface area (TPSA) is 46.9 Å².